The van der Waals surface area contributed by atoms with Crippen LogP contribution in [0.15, 0.2) is 0 Å². The van der Waals surface area contributed by atoms with E-state index < -0.39 is 0 Å². The zero-order valence-electron chi connectivity index (χ0n) is 12.0. The number of carbonyl (C=O) groups is 1. The molecule has 2 nitrogen and oxygen atoms in total. The van der Waals surface area contributed by atoms with Gasteiger partial charge in [0.1, 0.15) is 5.78 Å². The van der Waals surface area contributed by atoms with E-state index in [9.17, 15) is 4.79 Å². The standard InChI is InChI=1S/C13H27NOP2/c1-12(2,3)10-9(15)7-8-14(17-16)11(10)13(4,5)6/h10-11,17H,7-8,16H2,1-6H3. The van der Waals surface area contributed by atoms with E-state index in [2.05, 4.69) is 55.1 Å². The lowest BCUT2D eigenvalue weighted by molar-refractivity contribution is -0.134. The molecular weight excluding hydrogens is 248 g/mol. The molecule has 1 aliphatic heterocycles. The van der Waals surface area contributed by atoms with Crippen molar-refractivity contribution in [3.63, 3.8) is 0 Å². The van der Waals surface area contributed by atoms with Gasteiger partial charge in [0.15, 0.2) is 0 Å². The number of Topliss-reactive ketones (excluding diaryl/α,β-unsaturated/α-hetero) is 1. The van der Waals surface area contributed by atoms with Crippen molar-refractivity contribution in [2.45, 2.75) is 54.0 Å². The average Bonchev–Trinajstić information content (AvgIpc) is 2.13. The van der Waals surface area contributed by atoms with Crippen molar-refractivity contribution in [2.24, 2.45) is 16.7 Å². The SMILES string of the molecule is CC(C)(C)C1C(=O)CCN(PP)C1C(C)(C)C. The highest BCUT2D eigenvalue weighted by molar-refractivity contribution is 8.01. The Balaban J connectivity index is 3.14. The van der Waals surface area contributed by atoms with E-state index in [1.807, 2.05) is 0 Å². The normalized spacial score (nSPS) is 29.2. The van der Waals surface area contributed by atoms with Crippen LogP contribution in [0.25, 0.3) is 0 Å². The molecule has 4 heteroatoms. The summed E-state index contributed by atoms with van der Waals surface area (Å²) >= 11 is 0. The molecule has 0 aromatic rings. The Morgan fingerprint density at radius 2 is 1.71 bits per heavy atom. The molecule has 0 saturated carbocycles. The monoisotopic (exact) mass is 275 g/mol. The maximum atomic E-state index is 12.3. The molecule has 0 aliphatic carbocycles. The summed E-state index contributed by atoms with van der Waals surface area (Å²) in [6, 6.07) is 0.361. The fraction of sp³-hybridized carbons (Fsp3) is 0.923. The summed E-state index contributed by atoms with van der Waals surface area (Å²) in [6.07, 6.45) is 0.718. The van der Waals surface area contributed by atoms with Gasteiger partial charge in [0.2, 0.25) is 0 Å². The summed E-state index contributed by atoms with van der Waals surface area (Å²) in [5.41, 5.74) is 0.204. The molecule has 1 fully saturated rings. The molecule has 0 amide bonds. The number of hydrogen-bond donors (Lipinski definition) is 0. The van der Waals surface area contributed by atoms with Crippen molar-refractivity contribution < 1.29 is 4.79 Å². The summed E-state index contributed by atoms with van der Waals surface area (Å²) < 4.78 is 2.49. The first-order valence-electron chi connectivity index (χ1n) is 6.34. The van der Waals surface area contributed by atoms with Crippen molar-refractivity contribution in [3.05, 3.63) is 0 Å². The third-order valence-corrected chi connectivity index (χ3v) is 5.41. The molecule has 0 spiro atoms. The highest BCUT2D eigenvalue weighted by Crippen LogP contribution is 2.47. The Bertz CT molecular complexity index is 291. The van der Waals surface area contributed by atoms with E-state index >= 15 is 0 Å². The predicted octanol–water partition coefficient (Wildman–Crippen LogP) is 3.72. The van der Waals surface area contributed by atoms with Gasteiger partial charge < -0.3 is 0 Å². The van der Waals surface area contributed by atoms with Gasteiger partial charge in [-0.1, -0.05) is 50.5 Å². The fourth-order valence-electron chi connectivity index (χ4n) is 2.95. The van der Waals surface area contributed by atoms with E-state index in [1.54, 1.807) is 0 Å². The van der Waals surface area contributed by atoms with Crippen LogP contribution in [0.1, 0.15) is 48.0 Å². The summed E-state index contributed by atoms with van der Waals surface area (Å²) in [6.45, 7) is 14.3. The third-order valence-electron chi connectivity index (χ3n) is 3.58. The predicted molar refractivity (Wildman–Crippen MR) is 80.5 cm³/mol. The van der Waals surface area contributed by atoms with Gasteiger partial charge in [-0.3, -0.25) is 9.46 Å². The van der Waals surface area contributed by atoms with Gasteiger partial charge in [-0.2, -0.15) is 0 Å². The van der Waals surface area contributed by atoms with E-state index in [-0.39, 0.29) is 16.7 Å². The van der Waals surface area contributed by atoms with Gasteiger partial charge in [-0.05, 0) is 19.3 Å². The van der Waals surface area contributed by atoms with Gasteiger partial charge in [0.05, 0.1) is 0 Å². The first-order valence-corrected chi connectivity index (χ1v) is 9.10. The lowest BCUT2D eigenvalue weighted by atomic mass is 9.64. The number of ketones is 1. The molecule has 4 atom stereocenters. The van der Waals surface area contributed by atoms with Crippen molar-refractivity contribution in [1.29, 1.82) is 0 Å². The summed E-state index contributed by atoms with van der Waals surface area (Å²) in [7, 11) is 3.55. The van der Waals surface area contributed by atoms with Crippen LogP contribution in [0.4, 0.5) is 0 Å². The van der Waals surface area contributed by atoms with E-state index in [1.165, 1.54) is 0 Å². The molecule has 0 aromatic carbocycles. The van der Waals surface area contributed by atoms with Crippen LogP contribution in [0.5, 0.6) is 0 Å². The minimum atomic E-state index is 0.0536. The maximum Gasteiger partial charge on any atom is 0.139 e. The zero-order chi connectivity index (χ0) is 13.4. The lowest BCUT2D eigenvalue weighted by Gasteiger charge is -2.50. The van der Waals surface area contributed by atoms with Crippen LogP contribution in [0, 0.1) is 16.7 Å². The van der Waals surface area contributed by atoms with Gasteiger partial charge in [0, 0.05) is 24.9 Å². The first kappa shape index (κ1) is 15.5. The van der Waals surface area contributed by atoms with Crippen LogP contribution in [-0.2, 0) is 4.79 Å². The molecule has 0 radical (unpaired) electrons. The minimum absolute atomic E-state index is 0.0536. The number of carbonyl (C=O) groups excluding carboxylic acids is 1. The van der Waals surface area contributed by atoms with E-state index in [0.717, 1.165) is 13.0 Å². The minimum Gasteiger partial charge on any atom is -0.299 e. The maximum absolute atomic E-state index is 12.3. The topological polar surface area (TPSA) is 20.3 Å². The molecule has 0 N–H and O–H groups in total. The van der Waals surface area contributed by atoms with E-state index in [4.69, 9.17) is 0 Å². The van der Waals surface area contributed by atoms with Crippen LogP contribution >= 0.6 is 17.3 Å². The van der Waals surface area contributed by atoms with Crippen molar-refractivity contribution in [3.8, 4) is 0 Å². The van der Waals surface area contributed by atoms with Crippen molar-refractivity contribution in [2.75, 3.05) is 6.54 Å². The molecule has 17 heavy (non-hydrogen) atoms. The second-order valence-corrected chi connectivity index (χ2v) is 8.80. The van der Waals surface area contributed by atoms with Crippen LogP contribution < -0.4 is 0 Å². The summed E-state index contributed by atoms with van der Waals surface area (Å²) in [5.74, 6) is 0.612. The number of hydrogen-bond acceptors (Lipinski definition) is 2. The summed E-state index contributed by atoms with van der Waals surface area (Å²) in [5, 5.41) is 0. The van der Waals surface area contributed by atoms with Crippen molar-refractivity contribution in [1.82, 2.24) is 4.67 Å². The fourth-order valence-corrected chi connectivity index (χ4v) is 4.76. The Kier molecular flexibility index (Phi) is 4.79. The Morgan fingerprint density at radius 3 is 2.06 bits per heavy atom. The van der Waals surface area contributed by atoms with Gasteiger partial charge >= 0.3 is 0 Å². The number of piperidine rings is 1. The van der Waals surface area contributed by atoms with E-state index in [0.29, 0.717) is 20.2 Å². The number of nitrogens with zero attached hydrogens (tertiary/aromatic N) is 1. The molecule has 1 aliphatic rings. The quantitative estimate of drug-likeness (QED) is 0.680. The largest absolute Gasteiger partial charge is 0.299 e. The third kappa shape index (κ3) is 3.49. The van der Waals surface area contributed by atoms with Crippen LogP contribution in [0.2, 0.25) is 0 Å². The van der Waals surface area contributed by atoms with Crippen LogP contribution in [-0.4, -0.2) is 23.0 Å². The molecule has 0 bridgehead atoms. The molecule has 1 saturated heterocycles. The van der Waals surface area contributed by atoms with Crippen molar-refractivity contribution >= 4 is 23.1 Å². The van der Waals surface area contributed by atoms with Crippen LogP contribution in [0.3, 0.4) is 0 Å². The molecule has 4 unspecified atom stereocenters. The van der Waals surface area contributed by atoms with Gasteiger partial charge in [-0.25, -0.2) is 0 Å². The highest BCUT2D eigenvalue weighted by atomic mass is 32.0. The first-order chi connectivity index (χ1) is 7.59. The van der Waals surface area contributed by atoms with Gasteiger partial charge in [-0.15, -0.1) is 0 Å². The molecular formula is C13H27NOP2. The summed E-state index contributed by atoms with van der Waals surface area (Å²) in [4.78, 5) is 12.3. The average molecular weight is 275 g/mol. The Morgan fingerprint density at radius 1 is 1.18 bits per heavy atom. The second-order valence-electron chi connectivity index (χ2n) is 7.19. The Hall–Kier alpha value is 0.490. The molecule has 1 rings (SSSR count). The Labute approximate surface area is 110 Å². The molecule has 1 heterocycles. The van der Waals surface area contributed by atoms with Gasteiger partial charge in [0.25, 0.3) is 0 Å². The molecule has 0 aromatic heterocycles. The smallest absolute Gasteiger partial charge is 0.139 e. The highest BCUT2D eigenvalue weighted by Gasteiger charge is 2.47. The zero-order valence-corrected chi connectivity index (χ0v) is 14.2. The molecule has 100 valence electrons. The number of rotatable bonds is 1. The second kappa shape index (κ2) is 5.24. The lowest BCUT2D eigenvalue weighted by Crippen LogP contribution is -2.56.